The molecule has 4 aliphatic rings. The quantitative estimate of drug-likeness (QED) is 0.200. The summed E-state index contributed by atoms with van der Waals surface area (Å²) in [4.78, 5) is 2.13. The summed E-state index contributed by atoms with van der Waals surface area (Å²) in [6.07, 6.45) is 9.84. The highest BCUT2D eigenvalue weighted by Gasteiger charge is 2.58. The van der Waals surface area contributed by atoms with E-state index in [0.717, 1.165) is 39.6 Å². The molecule has 3 aliphatic carbocycles. The number of nitrogens with zero attached hydrogens (tertiary/aromatic N) is 1. The van der Waals surface area contributed by atoms with Gasteiger partial charge >= 0.3 is 0 Å². The first kappa shape index (κ1) is 27.6. The van der Waals surface area contributed by atoms with Gasteiger partial charge in [-0.1, -0.05) is 79.2 Å². The Morgan fingerprint density at radius 3 is 2.15 bits per heavy atom. The van der Waals surface area contributed by atoms with Crippen LogP contribution in [0, 0.1) is 11.8 Å². The summed E-state index contributed by atoms with van der Waals surface area (Å²) in [6.45, 7) is 0. The van der Waals surface area contributed by atoms with Gasteiger partial charge in [-0.25, -0.2) is 0 Å². The highest BCUT2D eigenvalue weighted by atomic mass is 16.5. The zero-order valence-electron chi connectivity index (χ0n) is 27.0. The van der Waals surface area contributed by atoms with Crippen LogP contribution in [0.25, 0.3) is 28.0 Å². The number of benzene rings is 5. The van der Waals surface area contributed by atoms with Crippen molar-refractivity contribution in [2.24, 2.45) is 11.8 Å². The predicted molar refractivity (Wildman–Crippen MR) is 186 cm³/mol. The van der Waals surface area contributed by atoms with Crippen LogP contribution in [0.3, 0.4) is 0 Å². The van der Waals surface area contributed by atoms with Crippen molar-refractivity contribution in [2.75, 3.05) is 33.2 Å². The van der Waals surface area contributed by atoms with Crippen molar-refractivity contribution in [3.63, 3.8) is 0 Å². The fourth-order valence-corrected chi connectivity index (χ4v) is 9.57. The molecule has 4 nitrogen and oxygen atoms in total. The Labute approximate surface area is 271 Å². The number of hydrogen-bond acceptors (Lipinski definition) is 4. The number of rotatable bonds is 5. The molecule has 5 aromatic carbocycles. The minimum absolute atomic E-state index is 0.00587. The van der Waals surface area contributed by atoms with E-state index in [4.69, 9.17) is 14.2 Å². The molecule has 5 aromatic rings. The van der Waals surface area contributed by atoms with Crippen LogP contribution < -0.4 is 19.1 Å². The maximum atomic E-state index is 7.59. The van der Waals surface area contributed by atoms with Gasteiger partial charge in [0, 0.05) is 47.3 Å². The van der Waals surface area contributed by atoms with E-state index >= 15 is 0 Å². The van der Waals surface area contributed by atoms with Gasteiger partial charge in [-0.3, -0.25) is 0 Å². The van der Waals surface area contributed by atoms with Gasteiger partial charge in [-0.15, -0.1) is 0 Å². The lowest BCUT2D eigenvalue weighted by atomic mass is 9.65. The van der Waals surface area contributed by atoms with E-state index in [-0.39, 0.29) is 5.41 Å². The Morgan fingerprint density at radius 1 is 0.783 bits per heavy atom. The first-order valence-corrected chi connectivity index (χ1v) is 16.6. The molecule has 1 spiro atoms. The Hall–Kier alpha value is -4.70. The summed E-state index contributed by atoms with van der Waals surface area (Å²) in [7, 11) is 7.59. The fraction of sp³-hybridized carbons (Fsp3) is 0.286. The van der Waals surface area contributed by atoms with Gasteiger partial charge in [-0.2, -0.15) is 0 Å². The second kappa shape index (κ2) is 9.90. The van der Waals surface area contributed by atoms with Gasteiger partial charge in [-0.05, 0) is 89.1 Å². The van der Waals surface area contributed by atoms with E-state index < -0.39 is 5.60 Å². The standard InChI is InChI=1S/C42H39NO3/c1-43(2)30-18-16-28(17-19-30)42(27-10-6-5-7-11-27)21-20-32-39-38(33-23-36(44-3)37(45-4)24-34(33)40(32)46-42)31-12-8-9-13-35(31)41(39)25-26-14-15-29(41)22-26/h5-13,16-21,23-24,26,29H,14-15,22,25H2,1-4H3. The van der Waals surface area contributed by atoms with Crippen molar-refractivity contribution in [2.45, 2.75) is 36.7 Å². The average molecular weight is 606 g/mol. The van der Waals surface area contributed by atoms with Crippen LogP contribution in [0.1, 0.15) is 53.5 Å². The van der Waals surface area contributed by atoms with Crippen LogP contribution in [0.15, 0.2) is 97.1 Å². The van der Waals surface area contributed by atoms with Crippen LogP contribution in [0.5, 0.6) is 17.2 Å². The highest BCUT2D eigenvalue weighted by Crippen LogP contribution is 2.69. The van der Waals surface area contributed by atoms with Gasteiger partial charge in [0.2, 0.25) is 0 Å². The van der Waals surface area contributed by atoms with Gasteiger partial charge in [0.25, 0.3) is 0 Å². The van der Waals surface area contributed by atoms with Crippen molar-refractivity contribution < 1.29 is 14.2 Å². The number of hydrogen-bond donors (Lipinski definition) is 0. The molecule has 0 N–H and O–H groups in total. The smallest absolute Gasteiger partial charge is 0.178 e. The molecular formula is C42H39NO3. The molecule has 0 saturated heterocycles. The zero-order valence-corrected chi connectivity index (χ0v) is 27.0. The van der Waals surface area contributed by atoms with Gasteiger partial charge in [0.05, 0.1) is 14.2 Å². The molecular weight excluding hydrogens is 566 g/mol. The summed E-state index contributed by atoms with van der Waals surface area (Å²) in [6, 6.07) is 32.9. The van der Waals surface area contributed by atoms with Crippen LogP contribution in [-0.4, -0.2) is 28.3 Å². The van der Waals surface area contributed by atoms with Crippen molar-refractivity contribution in [1.29, 1.82) is 0 Å². The third kappa shape index (κ3) is 3.56. The van der Waals surface area contributed by atoms with Crippen LogP contribution in [-0.2, 0) is 11.0 Å². The van der Waals surface area contributed by atoms with Crippen molar-refractivity contribution in [3.05, 3.63) is 125 Å². The van der Waals surface area contributed by atoms with E-state index in [2.05, 4.69) is 122 Å². The zero-order chi connectivity index (χ0) is 31.2. The van der Waals surface area contributed by atoms with Crippen molar-refractivity contribution in [3.8, 4) is 28.4 Å². The van der Waals surface area contributed by atoms with Crippen molar-refractivity contribution in [1.82, 2.24) is 0 Å². The Kier molecular flexibility index (Phi) is 5.94. The van der Waals surface area contributed by atoms with Crippen LogP contribution in [0.4, 0.5) is 5.69 Å². The van der Waals surface area contributed by atoms with E-state index in [1.807, 2.05) is 0 Å². The Bertz CT molecular complexity index is 2050. The summed E-state index contributed by atoms with van der Waals surface area (Å²) >= 11 is 0. The van der Waals surface area contributed by atoms with E-state index in [0.29, 0.717) is 11.7 Å². The van der Waals surface area contributed by atoms with Crippen molar-refractivity contribution >= 4 is 22.5 Å². The second-order valence-corrected chi connectivity index (χ2v) is 13.8. The molecule has 0 aromatic heterocycles. The molecule has 230 valence electrons. The van der Waals surface area contributed by atoms with E-state index in [1.54, 1.807) is 14.2 Å². The molecule has 1 aliphatic heterocycles. The first-order valence-electron chi connectivity index (χ1n) is 16.6. The molecule has 4 unspecified atom stereocenters. The van der Waals surface area contributed by atoms with Gasteiger partial charge < -0.3 is 19.1 Å². The first-order chi connectivity index (χ1) is 22.5. The molecule has 9 rings (SSSR count). The Morgan fingerprint density at radius 2 is 1.48 bits per heavy atom. The largest absolute Gasteiger partial charge is 0.493 e. The fourth-order valence-electron chi connectivity index (χ4n) is 9.57. The maximum absolute atomic E-state index is 7.59. The lowest BCUT2D eigenvalue weighted by molar-refractivity contribution is 0.163. The minimum atomic E-state index is -0.805. The monoisotopic (exact) mass is 605 g/mol. The molecule has 0 amide bonds. The average Bonchev–Trinajstić information content (AvgIpc) is 3.80. The second-order valence-electron chi connectivity index (χ2n) is 13.8. The van der Waals surface area contributed by atoms with Crippen LogP contribution >= 0.6 is 0 Å². The van der Waals surface area contributed by atoms with Crippen LogP contribution in [0.2, 0.25) is 0 Å². The molecule has 2 saturated carbocycles. The maximum Gasteiger partial charge on any atom is 0.178 e. The summed E-state index contributed by atoms with van der Waals surface area (Å²) < 4.78 is 19.4. The SMILES string of the molecule is COc1cc2c3c(c4c(c2cc1OC)-c1ccccc1C41CC2CCC1C2)C=CC(c1ccccc1)(c1ccc(N(C)C)cc1)O3. The topological polar surface area (TPSA) is 30.9 Å². The predicted octanol–water partition coefficient (Wildman–Crippen LogP) is 9.36. The number of fused-ring (bicyclic) bond motifs is 13. The molecule has 1 heterocycles. The third-order valence-electron chi connectivity index (χ3n) is 11.5. The lowest BCUT2D eigenvalue weighted by Crippen LogP contribution is -2.36. The molecule has 0 radical (unpaired) electrons. The highest BCUT2D eigenvalue weighted by molar-refractivity contribution is 6.09. The molecule has 2 bridgehead atoms. The molecule has 4 atom stereocenters. The Balaban J connectivity index is 1.38. The minimum Gasteiger partial charge on any atom is -0.493 e. The number of anilines is 1. The molecule has 46 heavy (non-hydrogen) atoms. The molecule has 2 fully saturated rings. The number of methoxy groups -OCH3 is 2. The summed E-state index contributed by atoms with van der Waals surface area (Å²) in [5, 5.41) is 2.22. The lowest BCUT2D eigenvalue weighted by Gasteiger charge is -2.41. The van der Waals surface area contributed by atoms with E-state index in [9.17, 15) is 0 Å². The summed E-state index contributed by atoms with van der Waals surface area (Å²) in [5.74, 6) is 3.77. The summed E-state index contributed by atoms with van der Waals surface area (Å²) in [5.41, 5.74) is 9.41. The normalized spacial score (nSPS) is 24.9. The van der Waals surface area contributed by atoms with Gasteiger partial charge in [0.15, 0.2) is 17.1 Å². The van der Waals surface area contributed by atoms with Gasteiger partial charge in [0.1, 0.15) is 5.75 Å². The molecule has 4 heteroatoms. The van der Waals surface area contributed by atoms with E-state index in [1.165, 1.54) is 58.9 Å². The third-order valence-corrected chi connectivity index (χ3v) is 11.5. The number of ether oxygens (including phenoxy) is 3.